The molecular weight excluding hydrogens is 337 g/mol. The van der Waals surface area contributed by atoms with Crippen molar-refractivity contribution in [3.63, 3.8) is 0 Å². The second kappa shape index (κ2) is 6.34. The summed E-state index contributed by atoms with van der Waals surface area (Å²) in [6, 6.07) is 6.28. The van der Waals surface area contributed by atoms with Crippen molar-refractivity contribution in [2.24, 2.45) is 0 Å². The van der Waals surface area contributed by atoms with E-state index in [9.17, 15) is 22.8 Å². The second-order valence-electron chi connectivity index (χ2n) is 6.07. The fourth-order valence-electron chi connectivity index (χ4n) is 2.64. The van der Waals surface area contributed by atoms with Crippen LogP contribution in [0.25, 0.3) is 10.9 Å². The van der Waals surface area contributed by atoms with E-state index in [1.807, 2.05) is 5.32 Å². The Kier molecular flexibility index (Phi) is 4.36. The number of carboxylic acid groups (broad SMARTS) is 1. The van der Waals surface area contributed by atoms with Crippen molar-refractivity contribution in [2.75, 3.05) is 0 Å². The third-order valence-corrected chi connectivity index (χ3v) is 4.02. The van der Waals surface area contributed by atoms with Gasteiger partial charge in [-0.1, -0.05) is 18.2 Å². The fraction of sp³-hybridized carbons (Fsp3) is 0.353. The number of hydrogen-bond acceptors (Lipinski definition) is 3. The topological polar surface area (TPSA) is 79.3 Å². The zero-order valence-corrected chi connectivity index (χ0v) is 13.0. The Morgan fingerprint density at radius 1 is 1.28 bits per heavy atom. The summed E-state index contributed by atoms with van der Waals surface area (Å²) in [6.45, 7) is 0. The van der Waals surface area contributed by atoms with Crippen LogP contribution in [0.1, 0.15) is 41.2 Å². The Morgan fingerprint density at radius 2 is 1.96 bits per heavy atom. The number of carbonyl (C=O) groups is 2. The molecule has 1 aromatic heterocycles. The molecule has 3 rings (SSSR count). The predicted molar refractivity (Wildman–Crippen MR) is 83.3 cm³/mol. The number of benzene rings is 1. The average Bonchev–Trinajstić information content (AvgIpc) is 3.36. The molecule has 1 heterocycles. The minimum Gasteiger partial charge on any atom is -0.480 e. The Bertz CT molecular complexity index is 831. The lowest BCUT2D eigenvalue weighted by atomic mass is 10.0. The number of aliphatic carboxylic acids is 1. The third-order valence-electron chi connectivity index (χ3n) is 4.02. The molecule has 1 aliphatic carbocycles. The molecule has 0 bridgehead atoms. The normalized spacial score (nSPS) is 15.8. The van der Waals surface area contributed by atoms with E-state index in [-0.39, 0.29) is 11.5 Å². The van der Waals surface area contributed by atoms with Crippen LogP contribution < -0.4 is 5.32 Å². The van der Waals surface area contributed by atoms with Crippen LogP contribution in [0.4, 0.5) is 13.2 Å². The van der Waals surface area contributed by atoms with Gasteiger partial charge in [0, 0.05) is 17.0 Å². The standard InChI is InChI=1S/C17H15F3N2O3/c18-17(19,20)8-14(16(24)25)22-15(23)11-7-13(9-5-6-9)21-12-4-2-1-3-10(11)12/h1-4,7,9,14H,5-6,8H2,(H,22,23)(H,24,25). The molecule has 1 fully saturated rings. The summed E-state index contributed by atoms with van der Waals surface area (Å²) < 4.78 is 37.6. The van der Waals surface area contributed by atoms with E-state index in [2.05, 4.69) is 4.98 Å². The first-order valence-corrected chi connectivity index (χ1v) is 7.75. The van der Waals surface area contributed by atoms with Crippen molar-refractivity contribution in [2.45, 2.75) is 37.4 Å². The quantitative estimate of drug-likeness (QED) is 0.866. The number of halogens is 3. The lowest BCUT2D eigenvalue weighted by Crippen LogP contribution is -2.43. The number of alkyl halides is 3. The number of carbonyl (C=O) groups excluding carboxylic acids is 1. The van der Waals surface area contributed by atoms with Gasteiger partial charge in [0.05, 0.1) is 17.5 Å². The minimum absolute atomic E-state index is 0.140. The molecule has 1 aliphatic rings. The Hall–Kier alpha value is -2.64. The second-order valence-corrected chi connectivity index (χ2v) is 6.07. The molecule has 2 aromatic rings. The van der Waals surface area contributed by atoms with Crippen molar-refractivity contribution >= 4 is 22.8 Å². The zero-order valence-electron chi connectivity index (χ0n) is 13.0. The maximum absolute atomic E-state index is 12.5. The van der Waals surface area contributed by atoms with Crippen LogP contribution in [0.5, 0.6) is 0 Å². The highest BCUT2D eigenvalue weighted by molar-refractivity contribution is 6.07. The van der Waals surface area contributed by atoms with Gasteiger partial charge in [-0.3, -0.25) is 9.78 Å². The number of nitrogens with zero attached hydrogens (tertiary/aromatic N) is 1. The largest absolute Gasteiger partial charge is 0.480 e. The smallest absolute Gasteiger partial charge is 0.391 e. The summed E-state index contributed by atoms with van der Waals surface area (Å²) in [5, 5.41) is 11.4. The maximum Gasteiger partial charge on any atom is 0.391 e. The van der Waals surface area contributed by atoms with Crippen LogP contribution in [0.15, 0.2) is 30.3 Å². The molecule has 1 amide bonds. The third kappa shape index (κ3) is 4.07. The summed E-state index contributed by atoms with van der Waals surface area (Å²) in [5.41, 5.74) is 1.40. The maximum atomic E-state index is 12.5. The molecule has 0 radical (unpaired) electrons. The highest BCUT2D eigenvalue weighted by Gasteiger charge is 2.36. The number of hydrogen-bond donors (Lipinski definition) is 2. The molecule has 1 saturated carbocycles. The minimum atomic E-state index is -4.70. The molecule has 25 heavy (non-hydrogen) atoms. The summed E-state index contributed by atoms with van der Waals surface area (Å²) >= 11 is 0. The molecular formula is C17H15F3N2O3. The molecule has 132 valence electrons. The summed E-state index contributed by atoms with van der Waals surface area (Å²) in [5.74, 6) is -2.34. The summed E-state index contributed by atoms with van der Waals surface area (Å²) in [7, 11) is 0. The molecule has 2 N–H and O–H groups in total. The van der Waals surface area contributed by atoms with Crippen molar-refractivity contribution < 1.29 is 27.9 Å². The monoisotopic (exact) mass is 352 g/mol. The van der Waals surface area contributed by atoms with Crippen LogP contribution in [-0.2, 0) is 4.79 Å². The van der Waals surface area contributed by atoms with E-state index in [0.717, 1.165) is 12.8 Å². The highest BCUT2D eigenvalue weighted by atomic mass is 19.4. The molecule has 0 aliphatic heterocycles. The number of rotatable bonds is 5. The van der Waals surface area contributed by atoms with Gasteiger partial charge < -0.3 is 10.4 Å². The average molecular weight is 352 g/mol. The fourth-order valence-corrected chi connectivity index (χ4v) is 2.64. The molecule has 8 heteroatoms. The number of para-hydroxylation sites is 1. The van der Waals surface area contributed by atoms with E-state index in [0.29, 0.717) is 16.6 Å². The Morgan fingerprint density at radius 3 is 2.56 bits per heavy atom. The predicted octanol–water partition coefficient (Wildman–Crippen LogP) is 3.25. The van der Waals surface area contributed by atoms with E-state index in [4.69, 9.17) is 5.11 Å². The van der Waals surface area contributed by atoms with Gasteiger partial charge in [-0.05, 0) is 25.0 Å². The Balaban J connectivity index is 1.94. The van der Waals surface area contributed by atoms with Gasteiger partial charge >= 0.3 is 12.1 Å². The zero-order chi connectivity index (χ0) is 18.2. The number of fused-ring (bicyclic) bond motifs is 1. The number of carboxylic acids is 1. The van der Waals surface area contributed by atoms with Crippen molar-refractivity contribution in [1.29, 1.82) is 0 Å². The van der Waals surface area contributed by atoms with Gasteiger partial charge in [0.1, 0.15) is 6.04 Å². The van der Waals surface area contributed by atoms with Crippen LogP contribution in [0.3, 0.4) is 0 Å². The number of amides is 1. The van der Waals surface area contributed by atoms with Crippen LogP contribution in [0.2, 0.25) is 0 Å². The number of nitrogens with one attached hydrogen (secondary N) is 1. The lowest BCUT2D eigenvalue weighted by molar-refractivity contribution is -0.157. The summed E-state index contributed by atoms with van der Waals surface area (Å²) in [6.07, 6.45) is -4.45. The molecule has 5 nitrogen and oxygen atoms in total. The van der Waals surface area contributed by atoms with Crippen molar-refractivity contribution in [1.82, 2.24) is 10.3 Å². The molecule has 0 spiro atoms. The van der Waals surface area contributed by atoms with Gasteiger partial charge in [0.15, 0.2) is 0 Å². The number of aromatic nitrogens is 1. The molecule has 1 unspecified atom stereocenters. The van der Waals surface area contributed by atoms with Gasteiger partial charge in [-0.25, -0.2) is 4.79 Å². The lowest BCUT2D eigenvalue weighted by Gasteiger charge is -2.17. The SMILES string of the molecule is O=C(NC(CC(F)(F)F)C(=O)O)c1cc(C2CC2)nc2ccccc12. The van der Waals surface area contributed by atoms with E-state index in [1.165, 1.54) is 0 Å². The van der Waals surface area contributed by atoms with Gasteiger partial charge in [0.2, 0.25) is 0 Å². The molecule has 1 atom stereocenters. The molecule has 1 aromatic carbocycles. The van der Waals surface area contributed by atoms with E-state index in [1.54, 1.807) is 30.3 Å². The Labute approximate surface area is 140 Å². The van der Waals surface area contributed by atoms with Gasteiger partial charge in [-0.2, -0.15) is 13.2 Å². The van der Waals surface area contributed by atoms with Gasteiger partial charge in [-0.15, -0.1) is 0 Å². The molecule has 0 saturated heterocycles. The van der Waals surface area contributed by atoms with Crippen LogP contribution in [0, 0.1) is 0 Å². The first-order chi connectivity index (χ1) is 11.7. The van der Waals surface area contributed by atoms with E-state index < -0.39 is 30.5 Å². The first-order valence-electron chi connectivity index (χ1n) is 7.75. The number of pyridine rings is 1. The van der Waals surface area contributed by atoms with Crippen molar-refractivity contribution in [3.05, 3.63) is 41.6 Å². The van der Waals surface area contributed by atoms with Crippen LogP contribution in [-0.4, -0.2) is 34.2 Å². The van der Waals surface area contributed by atoms with Crippen molar-refractivity contribution in [3.8, 4) is 0 Å². The first kappa shape index (κ1) is 17.2. The van der Waals surface area contributed by atoms with Gasteiger partial charge in [0.25, 0.3) is 5.91 Å². The highest BCUT2D eigenvalue weighted by Crippen LogP contribution is 2.40. The summed E-state index contributed by atoms with van der Waals surface area (Å²) in [4.78, 5) is 28.0. The van der Waals surface area contributed by atoms with E-state index >= 15 is 0 Å². The van der Waals surface area contributed by atoms with Crippen LogP contribution >= 0.6 is 0 Å².